The number of esters is 2. The Morgan fingerprint density at radius 2 is 1.58 bits per heavy atom. The van der Waals surface area contributed by atoms with Gasteiger partial charge in [0.1, 0.15) is 13.2 Å². The van der Waals surface area contributed by atoms with Gasteiger partial charge in [-0.25, -0.2) is 26.4 Å². The Hall–Kier alpha value is -3.59. The number of methoxy groups -OCH3 is 1. The summed E-state index contributed by atoms with van der Waals surface area (Å²) in [4.78, 5) is 29.5. The molecule has 1 atom stereocenters. The van der Waals surface area contributed by atoms with Crippen LogP contribution in [0.4, 0.5) is 0 Å². The fraction of sp³-hybridized carbons (Fsp3) is 0.333. The van der Waals surface area contributed by atoms with Gasteiger partial charge in [0.2, 0.25) is 0 Å². The van der Waals surface area contributed by atoms with Crippen molar-refractivity contribution in [2.24, 2.45) is 0 Å². The third kappa shape index (κ3) is 8.57. The van der Waals surface area contributed by atoms with Crippen molar-refractivity contribution in [2.45, 2.75) is 19.5 Å². The van der Waals surface area contributed by atoms with E-state index in [4.69, 9.17) is 25.8 Å². The van der Waals surface area contributed by atoms with Gasteiger partial charge in [-0.15, -0.1) is 11.3 Å². The van der Waals surface area contributed by atoms with Crippen LogP contribution < -0.4 is 4.74 Å². The van der Waals surface area contributed by atoms with Crippen LogP contribution in [0.15, 0.2) is 53.7 Å². The summed E-state index contributed by atoms with van der Waals surface area (Å²) in [5.74, 6) is -2.99. The number of ether oxygens (including phenoxy) is 3. The van der Waals surface area contributed by atoms with Gasteiger partial charge in [0.25, 0.3) is 0 Å². The molecule has 0 aliphatic carbocycles. The highest BCUT2D eigenvalue weighted by molar-refractivity contribution is 7.90. The second-order valence-corrected chi connectivity index (χ2v) is 16.5. The van der Waals surface area contributed by atoms with Crippen LogP contribution in [-0.2, 0) is 45.3 Å². The van der Waals surface area contributed by atoms with Gasteiger partial charge in [-0.05, 0) is 42.3 Å². The number of fused-ring (bicyclic) bond motifs is 2. The van der Waals surface area contributed by atoms with Crippen molar-refractivity contribution in [1.82, 2.24) is 4.90 Å². The highest BCUT2D eigenvalue weighted by Gasteiger charge is 2.31. The topological polar surface area (TPSA) is 154 Å². The fourth-order valence-electron chi connectivity index (χ4n) is 4.58. The van der Waals surface area contributed by atoms with Crippen LogP contribution in [0.5, 0.6) is 11.5 Å². The zero-order valence-corrected chi connectivity index (χ0v) is 28.1. The van der Waals surface area contributed by atoms with Crippen LogP contribution in [0.1, 0.15) is 29.0 Å². The van der Waals surface area contributed by atoms with E-state index in [2.05, 4.69) is 0 Å². The van der Waals surface area contributed by atoms with Gasteiger partial charge in [0.15, 0.2) is 31.2 Å². The number of benzene rings is 2. The summed E-state index contributed by atoms with van der Waals surface area (Å²) in [6.07, 6.45) is 4.74. The zero-order chi connectivity index (χ0) is 33.1. The second kappa shape index (κ2) is 13.8. The van der Waals surface area contributed by atoms with Crippen molar-refractivity contribution < 1.29 is 45.7 Å². The quantitative estimate of drug-likeness (QED) is 0.286. The minimum absolute atomic E-state index is 0.177. The summed E-state index contributed by atoms with van der Waals surface area (Å²) in [7, 11) is -5.55. The molecule has 0 saturated carbocycles. The normalized spacial score (nSPS) is 15.4. The summed E-state index contributed by atoms with van der Waals surface area (Å²) in [6, 6.07) is 10.1. The van der Waals surface area contributed by atoms with E-state index in [1.807, 2.05) is 31.2 Å². The van der Waals surface area contributed by atoms with Crippen LogP contribution in [-0.4, -0.2) is 83.1 Å². The molecule has 0 amide bonds. The molecule has 1 unspecified atom stereocenters. The number of hydrogen-bond acceptors (Lipinski definition) is 12. The van der Waals surface area contributed by atoms with Crippen molar-refractivity contribution >= 4 is 70.7 Å². The maximum Gasteiger partial charge on any atom is 0.340 e. The summed E-state index contributed by atoms with van der Waals surface area (Å²) in [5, 5.41) is 12.0. The van der Waals surface area contributed by atoms with E-state index in [0.717, 1.165) is 27.5 Å². The maximum atomic E-state index is 13.5. The number of phenolic OH excluding ortho intramolecular Hbond substituents is 1. The standard InChI is InChI=1S/C30H32ClNO10S3/c1-18-21-15-25(40-2)24(33)14-19(21)13-22(29(34)41-9-11-44(3,36)37)23(30(35)42-10-12-45(4,38)39)16-32(18)17-27-28(31)20-7-5-6-8-26(20)43-27/h5-8,13-16,18,33H,9-12,17H2,1-4H3. The van der Waals surface area contributed by atoms with Crippen LogP contribution in [0.25, 0.3) is 16.2 Å². The molecule has 1 aliphatic heterocycles. The van der Waals surface area contributed by atoms with E-state index >= 15 is 0 Å². The monoisotopic (exact) mass is 697 g/mol. The Morgan fingerprint density at radius 1 is 0.978 bits per heavy atom. The summed E-state index contributed by atoms with van der Waals surface area (Å²) >= 11 is 8.23. The number of aromatic hydroxyl groups is 1. The first-order chi connectivity index (χ1) is 21.1. The predicted octanol–water partition coefficient (Wildman–Crippen LogP) is 4.29. The molecule has 2 aromatic carbocycles. The van der Waals surface area contributed by atoms with E-state index in [1.54, 1.807) is 11.0 Å². The molecule has 4 rings (SSSR count). The van der Waals surface area contributed by atoms with Crippen LogP contribution in [0.2, 0.25) is 5.02 Å². The highest BCUT2D eigenvalue weighted by atomic mass is 35.5. The molecule has 3 aromatic rings. The molecular weight excluding hydrogens is 666 g/mol. The maximum absolute atomic E-state index is 13.5. The van der Waals surface area contributed by atoms with Gasteiger partial charge in [-0.1, -0.05) is 29.8 Å². The van der Waals surface area contributed by atoms with Gasteiger partial charge < -0.3 is 24.2 Å². The Balaban J connectivity index is 1.88. The van der Waals surface area contributed by atoms with Gasteiger partial charge >= 0.3 is 11.9 Å². The van der Waals surface area contributed by atoms with Crippen molar-refractivity contribution in [2.75, 3.05) is 44.3 Å². The second-order valence-electron chi connectivity index (χ2n) is 10.5. The molecule has 15 heteroatoms. The lowest BCUT2D eigenvalue weighted by atomic mass is 9.93. The highest BCUT2D eigenvalue weighted by Crippen LogP contribution is 2.41. The Morgan fingerprint density at radius 3 is 2.16 bits per heavy atom. The van der Waals surface area contributed by atoms with Gasteiger partial charge in [-0.2, -0.15) is 0 Å². The van der Waals surface area contributed by atoms with E-state index in [-0.39, 0.29) is 29.2 Å². The number of rotatable bonds is 11. The number of thiophene rings is 1. The van der Waals surface area contributed by atoms with Crippen molar-refractivity contribution in [3.8, 4) is 11.5 Å². The zero-order valence-electron chi connectivity index (χ0n) is 24.9. The molecule has 45 heavy (non-hydrogen) atoms. The van der Waals surface area contributed by atoms with E-state index < -0.39 is 62.4 Å². The molecular formula is C30H32ClNO10S3. The molecule has 11 nitrogen and oxygen atoms in total. The number of halogens is 1. The van der Waals surface area contributed by atoms with Crippen LogP contribution >= 0.6 is 22.9 Å². The first kappa shape index (κ1) is 34.3. The third-order valence-corrected chi connectivity index (χ3v) is 10.5. The first-order valence-corrected chi connectivity index (χ1v) is 18.9. The smallest absolute Gasteiger partial charge is 0.340 e. The number of carbonyl (C=O) groups excluding carboxylic acids is 2. The molecule has 0 radical (unpaired) electrons. The molecule has 1 aliphatic rings. The number of phenols is 1. The molecule has 0 saturated heterocycles. The molecule has 0 fully saturated rings. The van der Waals surface area contributed by atoms with E-state index in [1.165, 1.54) is 36.8 Å². The Bertz CT molecular complexity index is 1910. The molecule has 1 aromatic heterocycles. The van der Waals surface area contributed by atoms with Gasteiger partial charge in [0.05, 0.1) is 47.4 Å². The lowest BCUT2D eigenvalue weighted by molar-refractivity contribution is -0.142. The minimum atomic E-state index is -3.47. The van der Waals surface area contributed by atoms with Crippen LogP contribution in [0.3, 0.4) is 0 Å². The predicted molar refractivity (Wildman–Crippen MR) is 173 cm³/mol. The first-order valence-electron chi connectivity index (χ1n) is 13.5. The Labute approximate surface area is 270 Å². The minimum Gasteiger partial charge on any atom is -0.504 e. The average molecular weight is 698 g/mol. The molecule has 2 heterocycles. The molecule has 242 valence electrons. The van der Waals surface area contributed by atoms with Crippen molar-refractivity contribution in [3.05, 3.63) is 74.8 Å². The van der Waals surface area contributed by atoms with E-state index in [9.17, 15) is 31.5 Å². The number of carbonyl (C=O) groups is 2. The number of hydrogen-bond donors (Lipinski definition) is 1. The molecule has 0 bridgehead atoms. The largest absolute Gasteiger partial charge is 0.504 e. The number of sulfone groups is 2. The lowest BCUT2D eigenvalue weighted by Gasteiger charge is -2.32. The summed E-state index contributed by atoms with van der Waals surface area (Å²) < 4.78 is 63.6. The summed E-state index contributed by atoms with van der Waals surface area (Å²) in [5.41, 5.74) is 0.401. The van der Waals surface area contributed by atoms with Crippen LogP contribution in [0, 0.1) is 0 Å². The van der Waals surface area contributed by atoms with Crippen molar-refractivity contribution in [3.63, 3.8) is 0 Å². The van der Waals surface area contributed by atoms with Gasteiger partial charge in [-0.3, -0.25) is 0 Å². The lowest BCUT2D eigenvalue weighted by Crippen LogP contribution is -2.28. The fourth-order valence-corrected chi connectivity index (χ4v) is 6.86. The SMILES string of the molecule is COc1cc2c(cc1O)C=C(C(=O)OCCS(C)(=O)=O)C(C(=O)OCCS(C)(=O)=O)=CN(Cc1sc3ccccc3c1Cl)C2C. The Kier molecular flexibility index (Phi) is 10.5. The summed E-state index contributed by atoms with van der Waals surface area (Å²) in [6.45, 7) is 1.07. The molecule has 1 N–H and O–H groups in total. The average Bonchev–Trinajstić information content (AvgIpc) is 3.26. The third-order valence-electron chi connectivity index (χ3n) is 6.96. The van der Waals surface area contributed by atoms with E-state index in [0.29, 0.717) is 16.1 Å². The van der Waals surface area contributed by atoms with Crippen molar-refractivity contribution in [1.29, 1.82) is 0 Å². The van der Waals surface area contributed by atoms with Gasteiger partial charge in [0, 0.05) is 33.7 Å². The number of nitrogens with zero attached hydrogens (tertiary/aromatic N) is 1. The molecule has 0 spiro atoms.